The van der Waals surface area contributed by atoms with Gasteiger partial charge in [-0.2, -0.15) is 5.26 Å². The number of hydrogen-bond donors (Lipinski definition) is 1. The molecule has 2 nitrogen and oxygen atoms in total. The molecule has 5 heteroatoms. The first-order valence-electron chi connectivity index (χ1n) is 5.47. The summed E-state index contributed by atoms with van der Waals surface area (Å²) in [6.45, 7) is 0. The highest BCUT2D eigenvalue weighted by Crippen LogP contribution is 2.29. The van der Waals surface area contributed by atoms with Gasteiger partial charge in [-0.1, -0.05) is 39.1 Å². The fraction of sp³-hybridized carbons (Fsp3) is 0.0714. The Hall–Kier alpha value is -1.21. The summed E-state index contributed by atoms with van der Waals surface area (Å²) >= 11 is 15.2. The number of benzene rings is 2. The molecule has 0 spiro atoms. The van der Waals surface area contributed by atoms with Crippen molar-refractivity contribution in [2.24, 2.45) is 0 Å². The Morgan fingerprint density at radius 3 is 2.32 bits per heavy atom. The number of anilines is 1. The minimum atomic E-state index is -0.491. The largest absolute Gasteiger partial charge is 0.366 e. The van der Waals surface area contributed by atoms with Crippen LogP contribution in [0.2, 0.25) is 10.0 Å². The zero-order valence-electron chi connectivity index (χ0n) is 9.70. The lowest BCUT2D eigenvalue weighted by atomic mass is 10.1. The third-order valence-corrected chi connectivity index (χ3v) is 3.76. The molecule has 0 saturated heterocycles. The van der Waals surface area contributed by atoms with Gasteiger partial charge in [0, 0.05) is 25.8 Å². The van der Waals surface area contributed by atoms with Crippen LogP contribution >= 0.6 is 39.1 Å². The second kappa shape index (κ2) is 6.29. The number of nitrogens with one attached hydrogen (secondary N) is 1. The minimum Gasteiger partial charge on any atom is -0.366 e. The highest BCUT2D eigenvalue weighted by molar-refractivity contribution is 9.10. The third kappa shape index (κ3) is 3.63. The molecule has 19 heavy (non-hydrogen) atoms. The third-order valence-electron chi connectivity index (χ3n) is 2.55. The molecule has 0 aliphatic carbocycles. The average molecular weight is 356 g/mol. The fourth-order valence-electron chi connectivity index (χ4n) is 1.63. The molecule has 2 aromatic carbocycles. The van der Waals surface area contributed by atoms with Crippen molar-refractivity contribution < 1.29 is 0 Å². The van der Waals surface area contributed by atoms with E-state index in [1.807, 2.05) is 18.2 Å². The van der Waals surface area contributed by atoms with Gasteiger partial charge in [-0.05, 0) is 42.5 Å². The average Bonchev–Trinajstić information content (AvgIpc) is 2.41. The first-order chi connectivity index (χ1) is 9.10. The van der Waals surface area contributed by atoms with E-state index in [2.05, 4.69) is 27.3 Å². The van der Waals surface area contributed by atoms with E-state index in [-0.39, 0.29) is 0 Å². The van der Waals surface area contributed by atoms with E-state index in [1.54, 1.807) is 24.3 Å². The zero-order chi connectivity index (χ0) is 13.8. The van der Waals surface area contributed by atoms with Crippen LogP contribution in [-0.2, 0) is 0 Å². The molecule has 0 aromatic heterocycles. The van der Waals surface area contributed by atoms with Crippen molar-refractivity contribution in [1.29, 1.82) is 5.26 Å². The molecule has 0 radical (unpaired) electrons. The van der Waals surface area contributed by atoms with Gasteiger partial charge in [0.25, 0.3) is 0 Å². The maximum Gasteiger partial charge on any atom is 0.141 e. The number of halogens is 3. The van der Waals surface area contributed by atoms with Crippen LogP contribution in [0, 0.1) is 11.3 Å². The molecule has 2 rings (SSSR count). The van der Waals surface area contributed by atoms with Crippen molar-refractivity contribution >= 4 is 44.8 Å². The molecule has 0 bridgehead atoms. The van der Waals surface area contributed by atoms with Crippen molar-refractivity contribution in [3.63, 3.8) is 0 Å². The van der Waals surface area contributed by atoms with Crippen LogP contribution in [-0.4, -0.2) is 0 Å². The Balaban J connectivity index is 2.28. The van der Waals surface area contributed by atoms with Gasteiger partial charge in [0.1, 0.15) is 6.04 Å². The molecule has 96 valence electrons. The van der Waals surface area contributed by atoms with Gasteiger partial charge in [0.2, 0.25) is 0 Å². The second-order valence-corrected chi connectivity index (χ2v) is 5.61. The van der Waals surface area contributed by atoms with Gasteiger partial charge in [-0.25, -0.2) is 0 Å². The van der Waals surface area contributed by atoms with Gasteiger partial charge in [-0.15, -0.1) is 0 Å². The number of hydrogen-bond acceptors (Lipinski definition) is 2. The molecule has 0 aliphatic rings. The molecule has 0 amide bonds. The normalized spacial score (nSPS) is 11.7. The molecule has 1 N–H and O–H groups in total. The first-order valence-corrected chi connectivity index (χ1v) is 7.01. The minimum absolute atomic E-state index is 0.491. The van der Waals surface area contributed by atoms with Crippen LogP contribution in [0.1, 0.15) is 11.6 Å². The molecule has 0 saturated carbocycles. The maximum atomic E-state index is 9.31. The van der Waals surface area contributed by atoms with E-state index in [1.165, 1.54) is 0 Å². The summed E-state index contributed by atoms with van der Waals surface area (Å²) in [6.07, 6.45) is 0. The topological polar surface area (TPSA) is 35.8 Å². The second-order valence-electron chi connectivity index (χ2n) is 3.88. The van der Waals surface area contributed by atoms with E-state index in [9.17, 15) is 5.26 Å². The lowest BCUT2D eigenvalue weighted by Gasteiger charge is -2.15. The molecule has 0 aliphatic heterocycles. The molecular formula is C14H9BrCl2N2. The Morgan fingerprint density at radius 1 is 1.05 bits per heavy atom. The molecular weight excluding hydrogens is 347 g/mol. The Kier molecular flexibility index (Phi) is 4.71. The smallest absolute Gasteiger partial charge is 0.141 e. The lowest BCUT2D eigenvalue weighted by Crippen LogP contribution is -2.09. The van der Waals surface area contributed by atoms with Crippen LogP contribution in [0.25, 0.3) is 0 Å². The SMILES string of the molecule is N#CC(Nc1ccc(Cl)cc1)c1cc(Cl)ccc1Br. The van der Waals surface area contributed by atoms with Gasteiger partial charge >= 0.3 is 0 Å². The fourth-order valence-corrected chi connectivity index (χ4v) is 2.41. The zero-order valence-corrected chi connectivity index (χ0v) is 12.8. The van der Waals surface area contributed by atoms with E-state index in [4.69, 9.17) is 23.2 Å². The summed E-state index contributed by atoms with van der Waals surface area (Å²) in [5.41, 5.74) is 1.62. The summed E-state index contributed by atoms with van der Waals surface area (Å²) in [7, 11) is 0. The number of rotatable bonds is 3. The van der Waals surface area contributed by atoms with Crippen LogP contribution in [0.4, 0.5) is 5.69 Å². The summed E-state index contributed by atoms with van der Waals surface area (Å²) in [5.74, 6) is 0. The summed E-state index contributed by atoms with van der Waals surface area (Å²) in [4.78, 5) is 0. The highest BCUT2D eigenvalue weighted by atomic mass is 79.9. The van der Waals surface area contributed by atoms with Crippen LogP contribution in [0.5, 0.6) is 0 Å². The van der Waals surface area contributed by atoms with Gasteiger partial charge in [0.05, 0.1) is 6.07 Å². The van der Waals surface area contributed by atoms with E-state index in [0.29, 0.717) is 10.0 Å². The molecule has 0 fully saturated rings. The van der Waals surface area contributed by atoms with E-state index in [0.717, 1.165) is 15.7 Å². The van der Waals surface area contributed by atoms with Crippen molar-refractivity contribution in [3.8, 4) is 6.07 Å². The Labute approximate surface area is 130 Å². The maximum absolute atomic E-state index is 9.31. The predicted molar refractivity (Wildman–Crippen MR) is 82.6 cm³/mol. The summed E-state index contributed by atoms with van der Waals surface area (Å²) in [6, 6.07) is 14.3. The molecule has 2 aromatic rings. The van der Waals surface area contributed by atoms with Crippen LogP contribution < -0.4 is 5.32 Å². The lowest BCUT2D eigenvalue weighted by molar-refractivity contribution is 0.990. The van der Waals surface area contributed by atoms with Crippen molar-refractivity contribution in [2.75, 3.05) is 5.32 Å². The molecule has 1 unspecified atom stereocenters. The van der Waals surface area contributed by atoms with Crippen LogP contribution in [0.15, 0.2) is 46.9 Å². The summed E-state index contributed by atoms with van der Waals surface area (Å²) in [5, 5.41) is 13.7. The number of nitrogens with zero attached hydrogens (tertiary/aromatic N) is 1. The standard InChI is InChI=1S/C14H9BrCl2N2/c15-13-6-3-10(17)7-12(13)14(8-18)19-11-4-1-9(16)2-5-11/h1-7,14,19H. The van der Waals surface area contributed by atoms with Crippen molar-refractivity contribution in [1.82, 2.24) is 0 Å². The Bertz CT molecular complexity index is 620. The van der Waals surface area contributed by atoms with Gasteiger partial charge in [-0.3, -0.25) is 0 Å². The summed E-state index contributed by atoms with van der Waals surface area (Å²) < 4.78 is 0.838. The van der Waals surface area contributed by atoms with Crippen molar-refractivity contribution in [2.45, 2.75) is 6.04 Å². The van der Waals surface area contributed by atoms with Crippen LogP contribution in [0.3, 0.4) is 0 Å². The number of nitriles is 1. The van der Waals surface area contributed by atoms with Gasteiger partial charge in [0.15, 0.2) is 0 Å². The van der Waals surface area contributed by atoms with Gasteiger partial charge < -0.3 is 5.32 Å². The van der Waals surface area contributed by atoms with E-state index < -0.39 is 6.04 Å². The first kappa shape index (κ1) is 14.2. The van der Waals surface area contributed by atoms with E-state index >= 15 is 0 Å². The highest BCUT2D eigenvalue weighted by Gasteiger charge is 2.14. The predicted octanol–water partition coefficient (Wildman–Crippen LogP) is 5.43. The Morgan fingerprint density at radius 2 is 1.68 bits per heavy atom. The molecule has 0 heterocycles. The molecule has 1 atom stereocenters. The monoisotopic (exact) mass is 354 g/mol. The quantitative estimate of drug-likeness (QED) is 0.796. The van der Waals surface area contributed by atoms with Crippen molar-refractivity contribution in [3.05, 3.63) is 62.5 Å².